The van der Waals surface area contributed by atoms with Crippen LogP contribution >= 0.6 is 0 Å². The van der Waals surface area contributed by atoms with Crippen molar-refractivity contribution < 1.29 is 5.21 Å². The second-order valence-corrected chi connectivity index (χ2v) is 4.19. The summed E-state index contributed by atoms with van der Waals surface area (Å²) in [5, 5.41) is 12.3. The van der Waals surface area contributed by atoms with Crippen LogP contribution in [0.15, 0.2) is 35.5 Å². The molecule has 1 fully saturated rings. The number of hydrogen-bond donors (Lipinski definition) is 1. The van der Waals surface area contributed by atoms with E-state index in [1.807, 2.05) is 30.3 Å². The average molecular weight is 190 g/mol. The van der Waals surface area contributed by atoms with Gasteiger partial charge in [0.2, 0.25) is 0 Å². The Kier molecular flexibility index (Phi) is 1.95. The number of oxime groups is 1. The van der Waals surface area contributed by atoms with Gasteiger partial charge in [0.15, 0.2) is 5.84 Å². The first-order valence-corrected chi connectivity index (χ1v) is 4.70. The van der Waals surface area contributed by atoms with E-state index in [2.05, 4.69) is 23.9 Å². The predicted molar refractivity (Wildman–Crippen MR) is 55.6 cm³/mol. The molecule has 1 aromatic rings. The van der Waals surface area contributed by atoms with Gasteiger partial charge in [-0.05, 0) is 13.8 Å². The molecule has 2 rings (SSSR count). The van der Waals surface area contributed by atoms with E-state index in [0.29, 0.717) is 5.84 Å². The van der Waals surface area contributed by atoms with Crippen LogP contribution in [0.25, 0.3) is 0 Å². The first-order chi connectivity index (χ1) is 6.65. The highest BCUT2D eigenvalue weighted by Gasteiger charge is 2.45. The summed E-state index contributed by atoms with van der Waals surface area (Å²) in [6, 6.07) is 9.73. The molecule has 0 aromatic heterocycles. The third kappa shape index (κ3) is 1.45. The molecule has 0 bridgehead atoms. The van der Waals surface area contributed by atoms with Crippen molar-refractivity contribution in [2.45, 2.75) is 19.4 Å². The van der Waals surface area contributed by atoms with Gasteiger partial charge in [-0.15, -0.1) is 0 Å². The third-order valence-corrected chi connectivity index (χ3v) is 2.55. The molecule has 0 spiro atoms. The highest BCUT2D eigenvalue weighted by Crippen LogP contribution is 2.32. The van der Waals surface area contributed by atoms with Crippen molar-refractivity contribution in [3.63, 3.8) is 0 Å². The van der Waals surface area contributed by atoms with Crippen molar-refractivity contribution >= 4 is 5.84 Å². The van der Waals surface area contributed by atoms with E-state index in [1.54, 1.807) is 0 Å². The third-order valence-electron chi connectivity index (χ3n) is 2.55. The second kappa shape index (κ2) is 3.01. The van der Waals surface area contributed by atoms with Crippen LogP contribution in [-0.4, -0.2) is 28.0 Å². The number of amidine groups is 1. The van der Waals surface area contributed by atoms with Crippen LogP contribution in [0.5, 0.6) is 0 Å². The lowest BCUT2D eigenvalue weighted by Crippen LogP contribution is -2.19. The van der Waals surface area contributed by atoms with Crippen molar-refractivity contribution in [3.8, 4) is 0 Å². The molecule has 1 N–H and O–H groups in total. The molecule has 1 heterocycles. The molecular formula is C11H14N2O. The minimum atomic E-state index is 0.136. The van der Waals surface area contributed by atoms with Crippen LogP contribution in [0, 0.1) is 0 Å². The molecule has 3 nitrogen and oxygen atoms in total. The van der Waals surface area contributed by atoms with Gasteiger partial charge >= 0.3 is 0 Å². The maximum absolute atomic E-state index is 8.97. The Hall–Kier alpha value is -1.51. The minimum Gasteiger partial charge on any atom is -0.409 e. The normalized spacial score (nSPS) is 19.6. The van der Waals surface area contributed by atoms with Crippen LogP contribution in [-0.2, 0) is 0 Å². The van der Waals surface area contributed by atoms with Crippen molar-refractivity contribution in [3.05, 3.63) is 35.9 Å². The smallest absolute Gasteiger partial charge is 0.175 e. The molecule has 1 aromatic carbocycles. The fraction of sp³-hybridized carbons (Fsp3) is 0.364. The molecule has 0 unspecified atom stereocenters. The van der Waals surface area contributed by atoms with E-state index in [-0.39, 0.29) is 5.54 Å². The van der Waals surface area contributed by atoms with E-state index in [0.717, 1.165) is 12.1 Å². The lowest BCUT2D eigenvalue weighted by atomic mass is 10.2. The van der Waals surface area contributed by atoms with E-state index in [1.165, 1.54) is 0 Å². The summed E-state index contributed by atoms with van der Waals surface area (Å²) in [6.07, 6.45) is 0. The fourth-order valence-electron chi connectivity index (χ4n) is 1.57. The Bertz CT molecular complexity index is 357. The maximum Gasteiger partial charge on any atom is 0.175 e. The standard InChI is InChI=1S/C11H14N2O/c1-11(2)8-13(11)10(12-14)9-6-4-3-5-7-9/h3-7,14H,8H2,1-2H3/b12-10-. The van der Waals surface area contributed by atoms with E-state index in [4.69, 9.17) is 5.21 Å². The lowest BCUT2D eigenvalue weighted by Gasteiger charge is -2.09. The van der Waals surface area contributed by atoms with Gasteiger partial charge in [-0.25, -0.2) is 0 Å². The second-order valence-electron chi connectivity index (χ2n) is 4.19. The maximum atomic E-state index is 8.97. The molecule has 0 amide bonds. The summed E-state index contributed by atoms with van der Waals surface area (Å²) in [7, 11) is 0. The topological polar surface area (TPSA) is 35.6 Å². The predicted octanol–water partition coefficient (Wildman–Crippen LogP) is 1.92. The molecule has 1 aliphatic heterocycles. The van der Waals surface area contributed by atoms with Gasteiger partial charge in [0.05, 0.1) is 5.54 Å². The van der Waals surface area contributed by atoms with Gasteiger partial charge in [-0.2, -0.15) is 0 Å². The molecule has 0 aliphatic carbocycles. The lowest BCUT2D eigenvalue weighted by molar-refractivity contribution is 0.312. The summed E-state index contributed by atoms with van der Waals surface area (Å²) in [5.74, 6) is 0.663. The Morgan fingerprint density at radius 2 is 1.93 bits per heavy atom. The number of nitrogens with zero attached hydrogens (tertiary/aromatic N) is 2. The molecule has 74 valence electrons. The summed E-state index contributed by atoms with van der Waals surface area (Å²) in [6.45, 7) is 5.20. The van der Waals surface area contributed by atoms with Gasteiger partial charge < -0.3 is 10.1 Å². The first kappa shape index (κ1) is 9.06. The van der Waals surface area contributed by atoms with Crippen LogP contribution < -0.4 is 0 Å². The van der Waals surface area contributed by atoms with Crippen molar-refractivity contribution in [1.82, 2.24) is 4.90 Å². The van der Waals surface area contributed by atoms with Crippen molar-refractivity contribution in [2.24, 2.45) is 5.16 Å². The first-order valence-electron chi connectivity index (χ1n) is 4.70. The fourth-order valence-corrected chi connectivity index (χ4v) is 1.57. The molecule has 0 atom stereocenters. The summed E-state index contributed by atoms with van der Waals surface area (Å²) < 4.78 is 0. The van der Waals surface area contributed by atoms with Gasteiger partial charge in [0.1, 0.15) is 0 Å². The van der Waals surface area contributed by atoms with Gasteiger partial charge in [-0.1, -0.05) is 35.5 Å². The molecule has 1 aliphatic rings. The number of rotatable bonds is 1. The monoisotopic (exact) mass is 190 g/mol. The summed E-state index contributed by atoms with van der Waals surface area (Å²) in [5.41, 5.74) is 1.10. The van der Waals surface area contributed by atoms with Crippen LogP contribution in [0.2, 0.25) is 0 Å². The molecule has 0 saturated carbocycles. The summed E-state index contributed by atoms with van der Waals surface area (Å²) >= 11 is 0. The van der Waals surface area contributed by atoms with E-state index >= 15 is 0 Å². The van der Waals surface area contributed by atoms with Crippen molar-refractivity contribution in [1.29, 1.82) is 0 Å². The van der Waals surface area contributed by atoms with Crippen LogP contribution in [0.4, 0.5) is 0 Å². The van der Waals surface area contributed by atoms with Gasteiger partial charge in [0, 0.05) is 12.1 Å². The van der Waals surface area contributed by atoms with E-state index in [9.17, 15) is 0 Å². The number of hydrogen-bond acceptors (Lipinski definition) is 2. The number of benzene rings is 1. The van der Waals surface area contributed by atoms with Crippen LogP contribution in [0.1, 0.15) is 19.4 Å². The molecule has 14 heavy (non-hydrogen) atoms. The Labute approximate surface area is 83.7 Å². The Morgan fingerprint density at radius 3 is 2.36 bits per heavy atom. The molecule has 0 radical (unpaired) electrons. The Balaban J connectivity index is 2.26. The average Bonchev–Trinajstić information content (AvgIpc) is 2.78. The summed E-state index contributed by atoms with van der Waals surface area (Å²) in [4.78, 5) is 2.07. The van der Waals surface area contributed by atoms with Gasteiger partial charge in [-0.3, -0.25) is 0 Å². The zero-order chi connectivity index (χ0) is 10.2. The quantitative estimate of drug-likeness (QED) is 0.241. The highest BCUT2D eigenvalue weighted by molar-refractivity contribution is 6.00. The van der Waals surface area contributed by atoms with Crippen molar-refractivity contribution in [2.75, 3.05) is 6.54 Å². The molecule has 1 saturated heterocycles. The minimum absolute atomic E-state index is 0.136. The molecule has 3 heteroatoms. The van der Waals surface area contributed by atoms with Gasteiger partial charge in [0.25, 0.3) is 0 Å². The Morgan fingerprint density at radius 1 is 1.36 bits per heavy atom. The van der Waals surface area contributed by atoms with Crippen LogP contribution in [0.3, 0.4) is 0 Å². The SMILES string of the molecule is CC1(C)CN1/C(=N\O)c1ccccc1. The van der Waals surface area contributed by atoms with E-state index < -0.39 is 0 Å². The molecular weight excluding hydrogens is 176 g/mol. The highest BCUT2D eigenvalue weighted by atomic mass is 16.4. The zero-order valence-corrected chi connectivity index (χ0v) is 8.44. The largest absolute Gasteiger partial charge is 0.409 e. The zero-order valence-electron chi connectivity index (χ0n) is 8.44.